The number of ether oxygens (including phenoxy) is 1. The summed E-state index contributed by atoms with van der Waals surface area (Å²) in [6.45, 7) is 11.4. The lowest BCUT2D eigenvalue weighted by molar-refractivity contribution is 0.0413. The summed E-state index contributed by atoms with van der Waals surface area (Å²) in [4.78, 5) is 8.95. The molecule has 3 atom stereocenters. The van der Waals surface area contributed by atoms with E-state index in [4.69, 9.17) is 4.74 Å². The molecule has 118 valence electrons. The summed E-state index contributed by atoms with van der Waals surface area (Å²) in [7, 11) is 0. The van der Waals surface area contributed by atoms with Crippen molar-refractivity contribution in [1.82, 2.24) is 9.97 Å². The van der Waals surface area contributed by atoms with Gasteiger partial charge in [0.15, 0.2) is 0 Å². The second-order valence-electron chi connectivity index (χ2n) is 7.39. The highest BCUT2D eigenvalue weighted by Crippen LogP contribution is 2.36. The van der Waals surface area contributed by atoms with Gasteiger partial charge in [0.2, 0.25) is 5.88 Å². The van der Waals surface area contributed by atoms with E-state index in [1.165, 1.54) is 12.8 Å². The first-order chi connectivity index (χ1) is 9.97. The van der Waals surface area contributed by atoms with Crippen molar-refractivity contribution in [3.8, 4) is 5.88 Å². The largest absolute Gasteiger partial charge is 0.473 e. The van der Waals surface area contributed by atoms with Crippen LogP contribution in [0.1, 0.15) is 59.6 Å². The van der Waals surface area contributed by atoms with E-state index in [2.05, 4.69) is 44.6 Å². The number of hydrogen-bond acceptors (Lipinski definition) is 3. The zero-order valence-corrected chi connectivity index (χ0v) is 14.2. The van der Waals surface area contributed by atoms with Crippen LogP contribution < -0.4 is 4.74 Å². The monoisotopic (exact) mass is 290 g/mol. The lowest BCUT2D eigenvalue weighted by atomic mass is 9.75. The van der Waals surface area contributed by atoms with Gasteiger partial charge in [-0.05, 0) is 42.9 Å². The standard InChI is InChI=1S/C18H30N2O/c1-12(2)10-16-18(20-9-8-19-16)21-17-11-14(5)6-7-15(17)13(3)4/h8-9,12-15,17H,6-7,10-11H2,1-5H3. The zero-order valence-electron chi connectivity index (χ0n) is 14.2. The van der Waals surface area contributed by atoms with E-state index in [0.29, 0.717) is 17.8 Å². The summed E-state index contributed by atoms with van der Waals surface area (Å²) < 4.78 is 6.36. The Bertz CT molecular complexity index is 445. The van der Waals surface area contributed by atoms with Gasteiger partial charge < -0.3 is 4.74 Å². The molecule has 2 rings (SSSR count). The highest BCUT2D eigenvalue weighted by Gasteiger charge is 2.33. The first-order valence-electron chi connectivity index (χ1n) is 8.43. The average Bonchev–Trinajstić information content (AvgIpc) is 2.40. The molecule has 0 saturated heterocycles. The summed E-state index contributed by atoms with van der Waals surface area (Å²) in [5.41, 5.74) is 1.01. The maximum Gasteiger partial charge on any atom is 0.235 e. The van der Waals surface area contributed by atoms with Crippen molar-refractivity contribution in [1.29, 1.82) is 0 Å². The number of nitrogens with zero attached hydrogens (tertiary/aromatic N) is 2. The Labute approximate surface area is 129 Å². The molecule has 0 N–H and O–H groups in total. The second-order valence-corrected chi connectivity index (χ2v) is 7.39. The molecular formula is C18H30N2O. The topological polar surface area (TPSA) is 35.0 Å². The predicted molar refractivity (Wildman–Crippen MR) is 86.3 cm³/mol. The van der Waals surface area contributed by atoms with Crippen molar-refractivity contribution < 1.29 is 4.74 Å². The third-order valence-corrected chi connectivity index (χ3v) is 4.56. The van der Waals surface area contributed by atoms with E-state index in [1.54, 1.807) is 12.4 Å². The highest BCUT2D eigenvalue weighted by molar-refractivity contribution is 5.18. The van der Waals surface area contributed by atoms with Crippen molar-refractivity contribution in [2.75, 3.05) is 0 Å². The average molecular weight is 290 g/mol. The molecule has 0 bridgehead atoms. The number of rotatable bonds is 5. The molecule has 3 heteroatoms. The van der Waals surface area contributed by atoms with Crippen LogP contribution in [0, 0.1) is 23.7 Å². The van der Waals surface area contributed by atoms with Gasteiger partial charge in [-0.3, -0.25) is 4.98 Å². The van der Waals surface area contributed by atoms with E-state index < -0.39 is 0 Å². The van der Waals surface area contributed by atoms with E-state index in [-0.39, 0.29) is 6.10 Å². The third-order valence-electron chi connectivity index (χ3n) is 4.56. The smallest absolute Gasteiger partial charge is 0.235 e. The summed E-state index contributed by atoms with van der Waals surface area (Å²) in [5, 5.41) is 0. The molecule has 1 saturated carbocycles. The zero-order chi connectivity index (χ0) is 15.4. The predicted octanol–water partition coefficient (Wildman–Crippen LogP) is 4.51. The minimum atomic E-state index is 0.288. The van der Waals surface area contributed by atoms with Gasteiger partial charge in [-0.2, -0.15) is 0 Å². The summed E-state index contributed by atoms with van der Waals surface area (Å²) in [6.07, 6.45) is 8.46. The van der Waals surface area contributed by atoms with Gasteiger partial charge in [-0.25, -0.2) is 4.98 Å². The second kappa shape index (κ2) is 7.24. The van der Waals surface area contributed by atoms with Gasteiger partial charge in [0.1, 0.15) is 11.8 Å². The quantitative estimate of drug-likeness (QED) is 0.800. The van der Waals surface area contributed by atoms with Crippen molar-refractivity contribution in [2.24, 2.45) is 23.7 Å². The summed E-state index contributed by atoms with van der Waals surface area (Å²) >= 11 is 0. The molecule has 1 fully saturated rings. The SMILES string of the molecule is CC(C)Cc1nccnc1OC1CC(C)CCC1C(C)C. The molecule has 0 aliphatic heterocycles. The molecule has 0 spiro atoms. The fourth-order valence-electron chi connectivity index (χ4n) is 3.37. The number of hydrogen-bond donors (Lipinski definition) is 0. The Morgan fingerprint density at radius 1 is 1.14 bits per heavy atom. The Morgan fingerprint density at radius 2 is 1.86 bits per heavy atom. The van der Waals surface area contributed by atoms with Crippen LogP contribution >= 0.6 is 0 Å². The molecule has 1 aliphatic rings. The lowest BCUT2D eigenvalue weighted by Crippen LogP contribution is -2.36. The first-order valence-corrected chi connectivity index (χ1v) is 8.43. The summed E-state index contributed by atoms with van der Waals surface area (Å²) in [5.74, 6) is 3.37. The Balaban J connectivity index is 2.15. The van der Waals surface area contributed by atoms with Gasteiger partial charge in [0.25, 0.3) is 0 Å². The molecule has 0 aromatic carbocycles. The number of aromatic nitrogens is 2. The van der Waals surface area contributed by atoms with Crippen LogP contribution in [0.15, 0.2) is 12.4 Å². The molecule has 1 aromatic rings. The Kier molecular flexibility index (Phi) is 5.60. The minimum Gasteiger partial charge on any atom is -0.473 e. The van der Waals surface area contributed by atoms with Gasteiger partial charge in [-0.1, -0.05) is 41.0 Å². The van der Waals surface area contributed by atoms with Crippen molar-refractivity contribution in [3.63, 3.8) is 0 Å². The molecule has 1 aliphatic carbocycles. The van der Waals surface area contributed by atoms with Gasteiger partial charge in [0, 0.05) is 12.4 Å². The summed E-state index contributed by atoms with van der Waals surface area (Å²) in [6, 6.07) is 0. The van der Waals surface area contributed by atoms with E-state index in [9.17, 15) is 0 Å². The van der Waals surface area contributed by atoms with Gasteiger partial charge in [-0.15, -0.1) is 0 Å². The van der Waals surface area contributed by atoms with Crippen LogP contribution in [-0.2, 0) is 6.42 Å². The minimum absolute atomic E-state index is 0.288. The lowest BCUT2D eigenvalue weighted by Gasteiger charge is -2.37. The fraction of sp³-hybridized carbons (Fsp3) is 0.778. The molecular weight excluding hydrogens is 260 g/mol. The molecule has 1 aromatic heterocycles. The van der Waals surface area contributed by atoms with Crippen molar-refractivity contribution in [3.05, 3.63) is 18.1 Å². The highest BCUT2D eigenvalue weighted by atomic mass is 16.5. The van der Waals surface area contributed by atoms with Crippen molar-refractivity contribution >= 4 is 0 Å². The third kappa shape index (κ3) is 4.42. The Hall–Kier alpha value is -1.12. The van der Waals surface area contributed by atoms with Gasteiger partial charge >= 0.3 is 0 Å². The van der Waals surface area contributed by atoms with Crippen LogP contribution in [0.2, 0.25) is 0 Å². The van der Waals surface area contributed by atoms with E-state index >= 15 is 0 Å². The van der Waals surface area contributed by atoms with E-state index in [1.807, 2.05) is 0 Å². The Morgan fingerprint density at radius 3 is 2.52 bits per heavy atom. The molecule has 0 amide bonds. The van der Waals surface area contributed by atoms with Crippen LogP contribution in [0.3, 0.4) is 0 Å². The maximum atomic E-state index is 6.36. The molecule has 1 heterocycles. The van der Waals surface area contributed by atoms with Crippen LogP contribution in [-0.4, -0.2) is 16.1 Å². The fourth-order valence-corrected chi connectivity index (χ4v) is 3.37. The van der Waals surface area contributed by atoms with Crippen molar-refractivity contribution in [2.45, 2.75) is 66.4 Å². The maximum absolute atomic E-state index is 6.36. The molecule has 21 heavy (non-hydrogen) atoms. The van der Waals surface area contributed by atoms with Crippen LogP contribution in [0.25, 0.3) is 0 Å². The molecule has 3 unspecified atom stereocenters. The van der Waals surface area contributed by atoms with Crippen LogP contribution in [0.5, 0.6) is 5.88 Å². The van der Waals surface area contributed by atoms with Gasteiger partial charge in [0.05, 0.1) is 0 Å². The van der Waals surface area contributed by atoms with Crippen LogP contribution in [0.4, 0.5) is 0 Å². The molecule has 0 radical (unpaired) electrons. The molecule has 3 nitrogen and oxygen atoms in total. The van der Waals surface area contributed by atoms with E-state index in [0.717, 1.165) is 30.3 Å². The normalized spacial score (nSPS) is 26.3. The first kappa shape index (κ1) is 16.3.